The lowest BCUT2D eigenvalue weighted by Crippen LogP contribution is -2.28. The minimum atomic E-state index is -1.01. The topological polar surface area (TPSA) is 88.0 Å². The van der Waals surface area contributed by atoms with E-state index in [2.05, 4.69) is 10.2 Å². The molecule has 0 aliphatic rings. The predicted octanol–water partition coefficient (Wildman–Crippen LogP) is -0.0498. The molecule has 2 N–H and O–H groups in total. The maximum absolute atomic E-state index is 11.1. The van der Waals surface area contributed by atoms with Gasteiger partial charge in [-0.05, 0) is 18.4 Å². The lowest BCUT2D eigenvalue weighted by Gasteiger charge is -2.10. The third kappa shape index (κ3) is 2.38. The molecule has 7 heteroatoms. The van der Waals surface area contributed by atoms with E-state index in [0.29, 0.717) is 12.2 Å². The number of carboxylic acid groups (broad SMARTS) is 1. The Hall–Kier alpha value is -1.24. The van der Waals surface area contributed by atoms with Gasteiger partial charge in [-0.3, -0.25) is 4.57 Å². The average Bonchev–Trinajstić information content (AvgIpc) is 2.52. The van der Waals surface area contributed by atoms with Gasteiger partial charge in [0, 0.05) is 0 Å². The molecule has 0 aliphatic carbocycles. The SMILES string of the molecule is CSCCC(C(=O)O)n1cn[nH]c1=O. The Morgan fingerprint density at radius 2 is 2.57 bits per heavy atom. The highest BCUT2D eigenvalue weighted by Crippen LogP contribution is 2.11. The number of hydrogen-bond donors (Lipinski definition) is 2. The summed E-state index contributed by atoms with van der Waals surface area (Å²) in [5.41, 5.74) is -0.487. The second kappa shape index (κ2) is 4.85. The van der Waals surface area contributed by atoms with Gasteiger partial charge in [-0.2, -0.15) is 16.9 Å². The zero-order valence-corrected chi connectivity index (χ0v) is 8.45. The number of aromatic nitrogens is 3. The number of hydrogen-bond acceptors (Lipinski definition) is 4. The molecule has 14 heavy (non-hydrogen) atoms. The molecule has 0 amide bonds. The number of aliphatic carboxylic acids is 1. The highest BCUT2D eigenvalue weighted by molar-refractivity contribution is 7.98. The summed E-state index contributed by atoms with van der Waals surface area (Å²) in [6.07, 6.45) is 3.51. The van der Waals surface area contributed by atoms with E-state index in [0.717, 1.165) is 4.57 Å². The number of thioether (sulfide) groups is 1. The predicted molar refractivity (Wildman–Crippen MR) is 52.5 cm³/mol. The van der Waals surface area contributed by atoms with Crippen molar-refractivity contribution in [2.75, 3.05) is 12.0 Å². The largest absolute Gasteiger partial charge is 0.480 e. The first-order valence-electron chi connectivity index (χ1n) is 4.00. The van der Waals surface area contributed by atoms with Crippen LogP contribution in [-0.2, 0) is 4.79 Å². The lowest BCUT2D eigenvalue weighted by atomic mass is 10.2. The molecule has 0 aliphatic heterocycles. The van der Waals surface area contributed by atoms with Gasteiger partial charge in [-0.15, -0.1) is 0 Å². The quantitative estimate of drug-likeness (QED) is 0.722. The molecule has 0 aromatic carbocycles. The summed E-state index contributed by atoms with van der Waals surface area (Å²) >= 11 is 1.54. The maximum atomic E-state index is 11.1. The molecule has 78 valence electrons. The van der Waals surface area contributed by atoms with Gasteiger partial charge in [0.25, 0.3) is 0 Å². The molecular weight excluding hydrogens is 206 g/mol. The highest BCUT2D eigenvalue weighted by Gasteiger charge is 2.20. The number of H-pyrrole nitrogens is 1. The Morgan fingerprint density at radius 3 is 3.00 bits per heavy atom. The van der Waals surface area contributed by atoms with Crippen molar-refractivity contribution in [3.8, 4) is 0 Å². The fraction of sp³-hybridized carbons (Fsp3) is 0.571. The Balaban J connectivity index is 2.83. The minimum Gasteiger partial charge on any atom is -0.480 e. The summed E-state index contributed by atoms with van der Waals surface area (Å²) in [7, 11) is 0. The molecular formula is C7H11N3O3S. The smallest absolute Gasteiger partial charge is 0.343 e. The van der Waals surface area contributed by atoms with Crippen LogP contribution in [0.3, 0.4) is 0 Å². The molecule has 1 aromatic heterocycles. The molecule has 0 bridgehead atoms. The van der Waals surface area contributed by atoms with Crippen molar-refractivity contribution >= 4 is 17.7 Å². The third-order valence-electron chi connectivity index (χ3n) is 1.79. The van der Waals surface area contributed by atoms with Crippen molar-refractivity contribution < 1.29 is 9.90 Å². The van der Waals surface area contributed by atoms with Crippen LogP contribution >= 0.6 is 11.8 Å². The van der Waals surface area contributed by atoms with Crippen LogP contribution in [0.5, 0.6) is 0 Å². The first kappa shape index (κ1) is 10.8. The van der Waals surface area contributed by atoms with Gasteiger partial charge in [0.15, 0.2) is 0 Å². The van der Waals surface area contributed by atoms with Crippen LogP contribution in [0.4, 0.5) is 0 Å². The Labute approximate surface area is 84.3 Å². The van der Waals surface area contributed by atoms with Crippen LogP contribution in [-0.4, -0.2) is 37.8 Å². The highest BCUT2D eigenvalue weighted by atomic mass is 32.2. The van der Waals surface area contributed by atoms with Crippen LogP contribution in [0.1, 0.15) is 12.5 Å². The van der Waals surface area contributed by atoms with Gasteiger partial charge in [0.05, 0.1) is 0 Å². The monoisotopic (exact) mass is 217 g/mol. The van der Waals surface area contributed by atoms with Gasteiger partial charge in [0.2, 0.25) is 0 Å². The molecule has 0 spiro atoms. The van der Waals surface area contributed by atoms with E-state index < -0.39 is 17.7 Å². The Bertz CT molecular complexity index is 359. The van der Waals surface area contributed by atoms with Gasteiger partial charge in [-0.25, -0.2) is 14.7 Å². The van der Waals surface area contributed by atoms with E-state index in [1.54, 1.807) is 11.8 Å². The molecule has 1 unspecified atom stereocenters. The van der Waals surface area contributed by atoms with Crippen molar-refractivity contribution in [3.05, 3.63) is 16.8 Å². The molecule has 6 nitrogen and oxygen atoms in total. The van der Waals surface area contributed by atoms with Crippen molar-refractivity contribution in [1.29, 1.82) is 0 Å². The third-order valence-corrected chi connectivity index (χ3v) is 2.44. The zero-order chi connectivity index (χ0) is 10.6. The van der Waals surface area contributed by atoms with Crippen LogP contribution in [0.15, 0.2) is 11.1 Å². The number of carboxylic acids is 1. The number of nitrogens with one attached hydrogen (secondary N) is 1. The van der Waals surface area contributed by atoms with Crippen LogP contribution < -0.4 is 5.69 Å². The fourth-order valence-electron chi connectivity index (χ4n) is 1.09. The molecule has 1 rings (SSSR count). The normalized spacial score (nSPS) is 12.6. The maximum Gasteiger partial charge on any atom is 0.343 e. The summed E-state index contributed by atoms with van der Waals surface area (Å²) in [6.45, 7) is 0. The fourth-order valence-corrected chi connectivity index (χ4v) is 1.55. The molecule has 0 saturated heterocycles. The molecule has 1 aromatic rings. The zero-order valence-electron chi connectivity index (χ0n) is 7.64. The number of rotatable bonds is 5. The second-order valence-electron chi connectivity index (χ2n) is 2.70. The number of aromatic amines is 1. The summed E-state index contributed by atoms with van der Waals surface area (Å²) in [5.74, 6) is -0.322. The van der Waals surface area contributed by atoms with E-state index in [-0.39, 0.29) is 0 Å². The van der Waals surface area contributed by atoms with E-state index in [1.165, 1.54) is 6.33 Å². The molecule has 1 heterocycles. The first-order chi connectivity index (χ1) is 6.66. The Morgan fingerprint density at radius 1 is 1.86 bits per heavy atom. The van der Waals surface area contributed by atoms with Crippen molar-refractivity contribution in [2.45, 2.75) is 12.5 Å². The van der Waals surface area contributed by atoms with E-state index >= 15 is 0 Å². The van der Waals surface area contributed by atoms with Crippen LogP contribution in [0.2, 0.25) is 0 Å². The molecule has 1 atom stereocenters. The standard InChI is InChI=1S/C7H11N3O3S/c1-14-3-2-5(6(11)12)10-4-8-9-7(10)13/h4-5H,2-3H2,1H3,(H,9,13)(H,11,12). The van der Waals surface area contributed by atoms with Gasteiger partial charge >= 0.3 is 11.7 Å². The van der Waals surface area contributed by atoms with Crippen molar-refractivity contribution in [1.82, 2.24) is 14.8 Å². The van der Waals surface area contributed by atoms with E-state index in [4.69, 9.17) is 5.11 Å². The van der Waals surface area contributed by atoms with Crippen LogP contribution in [0, 0.1) is 0 Å². The minimum absolute atomic E-state index is 0.413. The van der Waals surface area contributed by atoms with Gasteiger partial charge in [-0.1, -0.05) is 0 Å². The lowest BCUT2D eigenvalue weighted by molar-refractivity contribution is -0.141. The van der Waals surface area contributed by atoms with Crippen LogP contribution in [0.25, 0.3) is 0 Å². The van der Waals surface area contributed by atoms with E-state index in [9.17, 15) is 9.59 Å². The second-order valence-corrected chi connectivity index (χ2v) is 3.69. The van der Waals surface area contributed by atoms with Gasteiger partial charge < -0.3 is 5.11 Å². The Kier molecular flexibility index (Phi) is 3.75. The first-order valence-corrected chi connectivity index (χ1v) is 5.39. The number of carbonyl (C=O) groups is 1. The molecule has 0 radical (unpaired) electrons. The summed E-state index contributed by atoms with van der Waals surface area (Å²) < 4.78 is 1.10. The van der Waals surface area contributed by atoms with E-state index in [1.807, 2.05) is 6.26 Å². The summed E-state index contributed by atoms with van der Waals surface area (Å²) in [5, 5.41) is 14.5. The van der Waals surface area contributed by atoms with Crippen molar-refractivity contribution in [2.24, 2.45) is 0 Å². The summed E-state index contributed by atoms with van der Waals surface area (Å²) in [6, 6.07) is -0.825. The van der Waals surface area contributed by atoms with Gasteiger partial charge in [0.1, 0.15) is 12.4 Å². The average molecular weight is 217 g/mol. The summed E-state index contributed by atoms with van der Waals surface area (Å²) in [4.78, 5) is 21.9. The van der Waals surface area contributed by atoms with Crippen molar-refractivity contribution in [3.63, 3.8) is 0 Å². The molecule has 0 fully saturated rings. The molecule has 0 saturated carbocycles. The number of nitrogens with zero attached hydrogens (tertiary/aromatic N) is 2.